The lowest BCUT2D eigenvalue weighted by Gasteiger charge is -2.16. The molecule has 150 valence electrons. The molecule has 2 aromatic rings. The van der Waals surface area contributed by atoms with E-state index in [0.717, 1.165) is 0 Å². The Morgan fingerprint density at radius 1 is 0.929 bits per heavy atom. The maximum atomic E-state index is 12.2. The van der Waals surface area contributed by atoms with Gasteiger partial charge in [0, 0.05) is 5.56 Å². The Bertz CT molecular complexity index is 807. The Morgan fingerprint density at radius 2 is 1.57 bits per heavy atom. The van der Waals surface area contributed by atoms with Crippen LogP contribution in [0.3, 0.4) is 0 Å². The highest BCUT2D eigenvalue weighted by atomic mass is 16.5. The molecule has 0 aliphatic rings. The van der Waals surface area contributed by atoms with Crippen LogP contribution in [0.5, 0.6) is 23.0 Å². The van der Waals surface area contributed by atoms with Gasteiger partial charge in [0.15, 0.2) is 17.6 Å². The second-order valence-electron chi connectivity index (χ2n) is 5.68. The van der Waals surface area contributed by atoms with Gasteiger partial charge in [0.25, 0.3) is 11.8 Å². The van der Waals surface area contributed by atoms with Crippen molar-refractivity contribution >= 4 is 11.8 Å². The highest BCUT2D eigenvalue weighted by Crippen LogP contribution is 2.27. The number of benzene rings is 2. The first-order chi connectivity index (χ1) is 13.5. The summed E-state index contributed by atoms with van der Waals surface area (Å²) in [6.07, 6.45) is -0.816. The van der Waals surface area contributed by atoms with Crippen LogP contribution >= 0.6 is 0 Å². The van der Waals surface area contributed by atoms with Crippen molar-refractivity contribution < 1.29 is 28.5 Å². The van der Waals surface area contributed by atoms with E-state index in [-0.39, 0.29) is 0 Å². The minimum Gasteiger partial charge on any atom is -0.494 e. The number of nitrogens with one attached hydrogen (secondary N) is 2. The van der Waals surface area contributed by atoms with Gasteiger partial charge in [0.05, 0.1) is 20.8 Å². The molecule has 8 nitrogen and oxygen atoms in total. The van der Waals surface area contributed by atoms with E-state index in [4.69, 9.17) is 18.9 Å². The van der Waals surface area contributed by atoms with Crippen LogP contribution in [0.15, 0.2) is 42.5 Å². The predicted octanol–water partition coefficient (Wildman–Crippen LogP) is 2.33. The fourth-order valence-corrected chi connectivity index (χ4v) is 2.31. The first-order valence-electron chi connectivity index (χ1n) is 8.70. The number of hydrazine groups is 1. The van der Waals surface area contributed by atoms with E-state index in [1.165, 1.54) is 20.3 Å². The molecule has 28 heavy (non-hydrogen) atoms. The first-order valence-corrected chi connectivity index (χ1v) is 8.70. The summed E-state index contributed by atoms with van der Waals surface area (Å²) >= 11 is 0. The number of hydrogen-bond donors (Lipinski definition) is 2. The van der Waals surface area contributed by atoms with E-state index in [1.807, 2.05) is 6.92 Å². The van der Waals surface area contributed by atoms with Gasteiger partial charge in [0.2, 0.25) is 0 Å². The molecule has 0 bridgehead atoms. The zero-order chi connectivity index (χ0) is 20.5. The predicted molar refractivity (Wildman–Crippen MR) is 103 cm³/mol. The Balaban J connectivity index is 1.89. The van der Waals surface area contributed by atoms with Crippen LogP contribution in [0.2, 0.25) is 0 Å². The lowest BCUT2D eigenvalue weighted by Crippen LogP contribution is -2.47. The summed E-state index contributed by atoms with van der Waals surface area (Å²) in [7, 11) is 2.98. The largest absolute Gasteiger partial charge is 0.494 e. The van der Waals surface area contributed by atoms with Gasteiger partial charge in [-0.05, 0) is 56.3 Å². The molecule has 8 heteroatoms. The second-order valence-corrected chi connectivity index (χ2v) is 5.68. The summed E-state index contributed by atoms with van der Waals surface area (Å²) < 4.78 is 21.2. The molecule has 2 rings (SSSR count). The molecule has 0 aliphatic carbocycles. The molecule has 0 saturated carbocycles. The lowest BCUT2D eigenvalue weighted by molar-refractivity contribution is -0.128. The van der Waals surface area contributed by atoms with E-state index in [1.54, 1.807) is 43.3 Å². The van der Waals surface area contributed by atoms with Crippen molar-refractivity contribution in [1.29, 1.82) is 0 Å². The SMILES string of the molecule is CCOc1ccc(O[C@H](C)C(=O)NNC(=O)c2ccc(OC)c(OC)c2)cc1. The van der Waals surface area contributed by atoms with Crippen molar-refractivity contribution in [3.63, 3.8) is 0 Å². The lowest BCUT2D eigenvalue weighted by atomic mass is 10.2. The van der Waals surface area contributed by atoms with Gasteiger partial charge in [-0.3, -0.25) is 20.4 Å². The van der Waals surface area contributed by atoms with Crippen molar-refractivity contribution in [2.24, 2.45) is 0 Å². The van der Waals surface area contributed by atoms with Gasteiger partial charge in [-0.15, -0.1) is 0 Å². The third-order valence-corrected chi connectivity index (χ3v) is 3.76. The molecule has 2 aromatic carbocycles. The number of carbonyl (C=O) groups is 2. The summed E-state index contributed by atoms with van der Waals surface area (Å²) in [5.41, 5.74) is 4.99. The average Bonchev–Trinajstić information content (AvgIpc) is 2.72. The van der Waals surface area contributed by atoms with Gasteiger partial charge in [-0.2, -0.15) is 0 Å². The minimum absolute atomic E-state index is 0.304. The zero-order valence-electron chi connectivity index (χ0n) is 16.3. The van der Waals surface area contributed by atoms with Gasteiger partial charge in [-0.1, -0.05) is 0 Å². The Hall–Kier alpha value is -3.42. The van der Waals surface area contributed by atoms with Crippen molar-refractivity contribution in [3.8, 4) is 23.0 Å². The summed E-state index contributed by atoms with van der Waals surface area (Å²) in [6.45, 7) is 4.04. The van der Waals surface area contributed by atoms with Crippen molar-refractivity contribution in [3.05, 3.63) is 48.0 Å². The molecule has 0 aliphatic heterocycles. The van der Waals surface area contributed by atoms with Crippen LogP contribution in [0.25, 0.3) is 0 Å². The fourth-order valence-electron chi connectivity index (χ4n) is 2.31. The molecule has 0 heterocycles. The van der Waals surface area contributed by atoms with Crippen molar-refractivity contribution in [2.45, 2.75) is 20.0 Å². The van der Waals surface area contributed by atoms with E-state index >= 15 is 0 Å². The molecule has 0 saturated heterocycles. The average molecular weight is 388 g/mol. The number of rotatable bonds is 8. The monoisotopic (exact) mass is 388 g/mol. The molecule has 2 N–H and O–H groups in total. The molecule has 2 amide bonds. The quantitative estimate of drug-likeness (QED) is 0.674. The molecule has 1 atom stereocenters. The second kappa shape index (κ2) is 10.1. The van der Waals surface area contributed by atoms with E-state index in [9.17, 15) is 9.59 Å². The molecule has 0 fully saturated rings. The molecule has 0 aromatic heterocycles. The Kier molecular flexibility index (Phi) is 7.50. The van der Waals surface area contributed by atoms with Crippen LogP contribution < -0.4 is 29.8 Å². The van der Waals surface area contributed by atoms with Crippen molar-refractivity contribution in [1.82, 2.24) is 10.9 Å². The van der Waals surface area contributed by atoms with Crippen LogP contribution in [0.4, 0.5) is 0 Å². The third-order valence-electron chi connectivity index (χ3n) is 3.76. The number of amides is 2. The fraction of sp³-hybridized carbons (Fsp3) is 0.300. The molecule has 0 radical (unpaired) electrons. The Morgan fingerprint density at radius 3 is 2.18 bits per heavy atom. The van der Waals surface area contributed by atoms with Crippen molar-refractivity contribution in [2.75, 3.05) is 20.8 Å². The molecule has 0 unspecified atom stereocenters. The summed E-state index contributed by atoms with van der Waals surface area (Å²) in [6, 6.07) is 11.6. The molecular weight excluding hydrogens is 364 g/mol. The third kappa shape index (κ3) is 5.54. The molecule has 0 spiro atoms. The number of methoxy groups -OCH3 is 2. The van der Waals surface area contributed by atoms with Gasteiger partial charge < -0.3 is 18.9 Å². The maximum absolute atomic E-state index is 12.2. The normalized spacial score (nSPS) is 11.1. The van der Waals surface area contributed by atoms with Crippen LogP contribution in [-0.2, 0) is 4.79 Å². The highest BCUT2D eigenvalue weighted by molar-refractivity contribution is 5.96. The number of carbonyl (C=O) groups excluding carboxylic acids is 2. The van der Waals surface area contributed by atoms with Gasteiger partial charge in [0.1, 0.15) is 11.5 Å². The van der Waals surface area contributed by atoms with E-state index < -0.39 is 17.9 Å². The summed E-state index contributed by atoms with van der Waals surface area (Å²) in [4.78, 5) is 24.4. The van der Waals surface area contributed by atoms with Gasteiger partial charge >= 0.3 is 0 Å². The standard InChI is InChI=1S/C20H24N2O6/c1-5-27-15-7-9-16(10-8-15)28-13(2)19(23)21-22-20(24)14-6-11-17(25-3)18(12-14)26-4/h6-13H,5H2,1-4H3,(H,21,23)(H,22,24)/t13-/m1/s1. The zero-order valence-corrected chi connectivity index (χ0v) is 16.3. The number of ether oxygens (including phenoxy) is 4. The number of hydrogen-bond acceptors (Lipinski definition) is 6. The smallest absolute Gasteiger partial charge is 0.279 e. The van der Waals surface area contributed by atoms with E-state index in [2.05, 4.69) is 10.9 Å². The van der Waals surface area contributed by atoms with E-state index in [0.29, 0.717) is 35.2 Å². The maximum Gasteiger partial charge on any atom is 0.279 e. The topological polar surface area (TPSA) is 95.1 Å². The highest BCUT2D eigenvalue weighted by Gasteiger charge is 2.17. The molecular formula is C20H24N2O6. The van der Waals surface area contributed by atoms with Crippen LogP contribution in [0.1, 0.15) is 24.2 Å². The Labute approximate surface area is 163 Å². The first kappa shape index (κ1) is 20.9. The van der Waals surface area contributed by atoms with Gasteiger partial charge in [-0.25, -0.2) is 0 Å². The minimum atomic E-state index is -0.816. The summed E-state index contributed by atoms with van der Waals surface area (Å²) in [5, 5.41) is 0. The summed E-state index contributed by atoms with van der Waals surface area (Å²) in [5.74, 6) is 1.14. The van der Waals surface area contributed by atoms with Crippen LogP contribution in [-0.4, -0.2) is 38.7 Å². The van der Waals surface area contributed by atoms with Crippen LogP contribution in [0, 0.1) is 0 Å².